The number of rotatable bonds is 3. The minimum absolute atomic E-state index is 0.0820. The summed E-state index contributed by atoms with van der Waals surface area (Å²) >= 11 is 5.91. The molecule has 0 aromatic heterocycles. The summed E-state index contributed by atoms with van der Waals surface area (Å²) in [4.78, 5) is 12.3. The number of allylic oxidation sites excluding steroid dienone is 5. The van der Waals surface area contributed by atoms with Gasteiger partial charge in [0, 0.05) is 29.5 Å². The summed E-state index contributed by atoms with van der Waals surface area (Å²) in [6.45, 7) is 0. The van der Waals surface area contributed by atoms with Gasteiger partial charge in [-0.05, 0) is 54.1 Å². The number of nitrogens with one attached hydrogen (secondary N) is 1. The molecule has 182 valence electrons. The molecular weight excluding hydrogens is 508 g/mol. The van der Waals surface area contributed by atoms with Crippen LogP contribution in [0, 0.1) is 11.6 Å². The summed E-state index contributed by atoms with van der Waals surface area (Å²) in [6.07, 6.45) is -7.19. The van der Waals surface area contributed by atoms with Crippen LogP contribution < -0.4 is 5.32 Å². The van der Waals surface area contributed by atoms with Crippen molar-refractivity contribution in [1.82, 2.24) is 0 Å². The van der Waals surface area contributed by atoms with E-state index in [1.54, 1.807) is 0 Å². The molecule has 0 saturated heterocycles. The fourth-order valence-electron chi connectivity index (χ4n) is 3.90. The Labute approximate surface area is 197 Å². The average Bonchev–Trinajstić information content (AvgIpc) is 3.14. The van der Waals surface area contributed by atoms with E-state index in [2.05, 4.69) is 5.32 Å². The third-order valence-electron chi connectivity index (χ3n) is 5.39. The molecule has 0 fully saturated rings. The highest BCUT2D eigenvalue weighted by Gasteiger charge is 2.68. The molecule has 2 heterocycles. The van der Waals surface area contributed by atoms with E-state index >= 15 is 0 Å². The number of carbonyl (C=O) groups is 1. The van der Waals surface area contributed by atoms with E-state index in [0.717, 1.165) is 60.7 Å². The Bertz CT molecular complexity index is 1340. The number of benzene rings is 2. The van der Waals surface area contributed by atoms with E-state index < -0.39 is 67.8 Å². The van der Waals surface area contributed by atoms with Crippen LogP contribution in [0.2, 0.25) is 0 Å². The predicted octanol–water partition coefficient (Wildman–Crippen LogP) is 7.37. The quantitative estimate of drug-likeness (QED) is 0.256. The van der Waals surface area contributed by atoms with Crippen molar-refractivity contribution in [2.45, 2.75) is 12.5 Å². The van der Waals surface area contributed by atoms with Crippen LogP contribution in [0.5, 0.6) is 0 Å². The second-order valence-electron chi connectivity index (χ2n) is 7.45. The number of anilines is 1. The number of halogens is 9. The summed E-state index contributed by atoms with van der Waals surface area (Å²) in [6, 6.07) is 6.83. The highest BCUT2D eigenvalue weighted by atomic mass is 35.5. The minimum atomic E-state index is -5.28. The van der Waals surface area contributed by atoms with Gasteiger partial charge in [-0.25, -0.2) is 8.78 Å². The number of nitrogens with zero attached hydrogens (tertiary/aromatic N) is 1. The van der Waals surface area contributed by atoms with Crippen LogP contribution in [0.1, 0.15) is 15.9 Å². The van der Waals surface area contributed by atoms with Gasteiger partial charge in [0.1, 0.15) is 5.57 Å². The average molecular weight is 520 g/mol. The van der Waals surface area contributed by atoms with Crippen LogP contribution in [-0.2, 0) is 0 Å². The largest absolute Gasteiger partial charge is 0.576 e. The second kappa shape index (κ2) is 8.35. The van der Waals surface area contributed by atoms with Crippen LogP contribution in [0.4, 0.5) is 40.8 Å². The number of fused-ring (bicyclic) bond motifs is 1. The predicted molar refractivity (Wildman–Crippen MR) is 111 cm³/mol. The zero-order chi connectivity index (χ0) is 25.8. The lowest BCUT2D eigenvalue weighted by atomic mass is 10.0. The summed E-state index contributed by atoms with van der Waals surface area (Å²) in [5, 5.41) is 1.30. The molecule has 0 bridgehead atoms. The van der Waals surface area contributed by atoms with Crippen molar-refractivity contribution in [3.63, 3.8) is 0 Å². The molecule has 3 nitrogen and oxygen atoms in total. The van der Waals surface area contributed by atoms with Gasteiger partial charge in [-0.1, -0.05) is 6.07 Å². The Balaban J connectivity index is 1.78. The van der Waals surface area contributed by atoms with Crippen molar-refractivity contribution >= 4 is 28.9 Å². The molecular formula is C23H12ClF8N2O+. The van der Waals surface area contributed by atoms with Gasteiger partial charge in [0.05, 0.1) is 5.56 Å². The Morgan fingerprint density at radius 3 is 2.20 bits per heavy atom. The first-order valence-electron chi connectivity index (χ1n) is 9.69. The maximum Gasteiger partial charge on any atom is 0.576 e. The van der Waals surface area contributed by atoms with E-state index in [4.69, 9.17) is 11.6 Å². The number of quaternary nitrogens is 1. The highest BCUT2D eigenvalue weighted by molar-refractivity contribution is 6.28. The van der Waals surface area contributed by atoms with Gasteiger partial charge in [-0.2, -0.15) is 13.2 Å². The van der Waals surface area contributed by atoms with Gasteiger partial charge in [0.25, 0.3) is 5.91 Å². The van der Waals surface area contributed by atoms with E-state index in [-0.39, 0.29) is 5.69 Å². The molecule has 0 radical (unpaired) electrons. The summed E-state index contributed by atoms with van der Waals surface area (Å²) in [5.74, 6) is -3.76. The standard InChI is InChI=1S/C23H11ClF8N2O/c24-18-6-1-3-14-11-16(22(27,28)29)20(34(14,18)23(30,31)32)12-7-9-13(10-8-12)33-21(35)15-4-2-5-17(25)19(15)26/h1-11H/p+1. The van der Waals surface area contributed by atoms with Crippen molar-refractivity contribution < 1.29 is 44.4 Å². The fourth-order valence-corrected chi connectivity index (χ4v) is 4.25. The van der Waals surface area contributed by atoms with Gasteiger partial charge >= 0.3 is 12.5 Å². The summed E-state index contributed by atoms with van der Waals surface area (Å²) in [7, 11) is 0. The minimum Gasteiger partial charge on any atom is -0.322 e. The first-order valence-corrected chi connectivity index (χ1v) is 10.1. The molecule has 1 N–H and O–H groups in total. The lowest BCUT2D eigenvalue weighted by molar-refractivity contribution is -0.899. The molecule has 0 spiro atoms. The van der Waals surface area contributed by atoms with Crippen molar-refractivity contribution in [2.75, 3.05) is 5.32 Å². The number of amides is 1. The smallest absolute Gasteiger partial charge is 0.322 e. The first kappa shape index (κ1) is 24.7. The van der Waals surface area contributed by atoms with Gasteiger partial charge in [0.15, 0.2) is 23.0 Å². The molecule has 4 rings (SSSR count). The lowest BCUT2D eigenvalue weighted by Crippen LogP contribution is -2.52. The van der Waals surface area contributed by atoms with Gasteiger partial charge < -0.3 is 5.32 Å². The normalized spacial score (nSPS) is 19.9. The number of hydrogen-bond acceptors (Lipinski definition) is 1. The topological polar surface area (TPSA) is 29.1 Å². The number of hydrogen-bond donors (Lipinski definition) is 1. The molecule has 0 aliphatic carbocycles. The first-order chi connectivity index (χ1) is 16.3. The van der Waals surface area contributed by atoms with Crippen molar-refractivity contribution in [3.8, 4) is 0 Å². The van der Waals surface area contributed by atoms with E-state index in [1.165, 1.54) is 0 Å². The zero-order valence-electron chi connectivity index (χ0n) is 17.1. The van der Waals surface area contributed by atoms with Crippen molar-refractivity contribution in [1.29, 1.82) is 0 Å². The van der Waals surface area contributed by atoms with E-state index in [1.807, 2.05) is 0 Å². The molecule has 2 aliphatic heterocycles. The van der Waals surface area contributed by atoms with E-state index in [9.17, 15) is 39.9 Å². The molecule has 2 aromatic carbocycles. The van der Waals surface area contributed by atoms with Crippen LogP contribution in [0.15, 0.2) is 83.2 Å². The fraction of sp³-hybridized carbons (Fsp3) is 0.0870. The van der Waals surface area contributed by atoms with Crippen LogP contribution >= 0.6 is 11.6 Å². The molecule has 1 amide bonds. The summed E-state index contributed by atoms with van der Waals surface area (Å²) < 4.78 is 110. The highest BCUT2D eigenvalue weighted by Crippen LogP contribution is 2.58. The van der Waals surface area contributed by atoms with Crippen molar-refractivity contribution in [3.05, 3.63) is 106 Å². The third-order valence-corrected chi connectivity index (χ3v) is 5.77. The number of alkyl halides is 6. The van der Waals surface area contributed by atoms with Gasteiger partial charge in [-0.15, -0.1) is 17.7 Å². The van der Waals surface area contributed by atoms with Crippen molar-refractivity contribution in [2.24, 2.45) is 0 Å². The summed E-state index contributed by atoms with van der Waals surface area (Å²) in [5.41, 5.74) is -4.65. The van der Waals surface area contributed by atoms with Gasteiger partial charge in [-0.3, -0.25) is 4.79 Å². The lowest BCUT2D eigenvalue weighted by Gasteiger charge is -2.38. The van der Waals surface area contributed by atoms with Gasteiger partial charge in [0.2, 0.25) is 5.16 Å². The number of carbonyl (C=O) groups excluding carboxylic acids is 1. The Hall–Kier alpha value is -3.44. The molecule has 0 saturated carbocycles. The molecule has 12 heteroatoms. The zero-order valence-corrected chi connectivity index (χ0v) is 17.9. The monoisotopic (exact) mass is 519 g/mol. The molecule has 1 unspecified atom stereocenters. The molecule has 2 aliphatic rings. The Kier molecular flexibility index (Phi) is 5.89. The SMILES string of the molecule is O=C(Nc1ccc(C2=C(C(F)(F)F)C=C3C=CC=C(Cl)[N+]32C(F)(F)F)cc1)c1cccc(F)c1F. The Morgan fingerprint density at radius 1 is 0.943 bits per heavy atom. The molecule has 35 heavy (non-hydrogen) atoms. The molecule has 1 atom stereocenters. The maximum atomic E-state index is 14.4. The Morgan fingerprint density at radius 2 is 1.60 bits per heavy atom. The maximum absolute atomic E-state index is 14.4. The van der Waals surface area contributed by atoms with Crippen LogP contribution in [0.25, 0.3) is 5.70 Å². The van der Waals surface area contributed by atoms with E-state index in [0.29, 0.717) is 6.08 Å². The van der Waals surface area contributed by atoms with Crippen LogP contribution in [0.3, 0.4) is 0 Å². The second-order valence-corrected chi connectivity index (χ2v) is 7.84. The molecule has 2 aromatic rings. The van der Waals surface area contributed by atoms with Crippen LogP contribution in [-0.4, -0.2) is 22.9 Å². The third kappa shape index (κ3) is 3.94.